The highest BCUT2D eigenvalue weighted by Crippen LogP contribution is 2.22. The molecule has 27 heavy (non-hydrogen) atoms. The van der Waals surface area contributed by atoms with Gasteiger partial charge in [-0.15, -0.1) is 0 Å². The van der Waals surface area contributed by atoms with Gasteiger partial charge in [-0.05, 0) is 55.7 Å². The van der Waals surface area contributed by atoms with Gasteiger partial charge in [-0.3, -0.25) is 4.79 Å². The molecule has 142 valence electrons. The van der Waals surface area contributed by atoms with Gasteiger partial charge in [0, 0.05) is 17.3 Å². The van der Waals surface area contributed by atoms with Crippen LogP contribution in [0.15, 0.2) is 42.5 Å². The molecule has 1 aliphatic carbocycles. The number of carbonyl (C=O) groups excluding carboxylic acids is 2. The summed E-state index contributed by atoms with van der Waals surface area (Å²) >= 11 is 0. The van der Waals surface area contributed by atoms with Gasteiger partial charge < -0.3 is 20.7 Å². The molecule has 1 aliphatic rings. The van der Waals surface area contributed by atoms with Crippen molar-refractivity contribution in [2.75, 3.05) is 12.4 Å². The van der Waals surface area contributed by atoms with Gasteiger partial charge >= 0.3 is 6.03 Å². The Morgan fingerprint density at radius 2 is 1.96 bits per heavy atom. The van der Waals surface area contributed by atoms with Gasteiger partial charge in [0.2, 0.25) is 0 Å². The van der Waals surface area contributed by atoms with Crippen molar-refractivity contribution < 1.29 is 18.7 Å². The molecule has 2 aromatic rings. The highest BCUT2D eigenvalue weighted by atomic mass is 19.1. The Kier molecular flexibility index (Phi) is 5.59. The summed E-state index contributed by atoms with van der Waals surface area (Å²) in [4.78, 5) is 24.3. The van der Waals surface area contributed by atoms with Crippen LogP contribution in [-0.4, -0.2) is 25.1 Å². The van der Waals surface area contributed by atoms with Gasteiger partial charge in [0.25, 0.3) is 5.91 Å². The molecular weight excluding hydrogens is 349 g/mol. The average Bonchev–Trinajstić information content (AvgIpc) is 3.45. The number of ether oxygens (including phenoxy) is 1. The number of benzene rings is 2. The molecule has 0 heterocycles. The molecule has 1 unspecified atom stereocenters. The zero-order valence-corrected chi connectivity index (χ0v) is 15.2. The fourth-order valence-corrected chi connectivity index (χ4v) is 2.63. The number of anilines is 1. The maximum Gasteiger partial charge on any atom is 0.319 e. The van der Waals surface area contributed by atoms with Crippen LogP contribution in [0.25, 0.3) is 0 Å². The summed E-state index contributed by atoms with van der Waals surface area (Å²) in [6, 6.07) is 10.8. The lowest BCUT2D eigenvalue weighted by molar-refractivity contribution is 0.0939. The Hall–Kier alpha value is -3.09. The third-order valence-electron chi connectivity index (χ3n) is 4.32. The second-order valence-electron chi connectivity index (χ2n) is 6.54. The first-order chi connectivity index (χ1) is 13.0. The number of amides is 3. The van der Waals surface area contributed by atoms with E-state index in [-0.39, 0.29) is 23.7 Å². The SMILES string of the molecule is COc1ccc(C(C)NC(=O)c2cccc(NC(=O)NC3CC3)c2)cc1F. The number of methoxy groups -OCH3 is 1. The third kappa shape index (κ3) is 4.97. The monoisotopic (exact) mass is 371 g/mol. The van der Waals surface area contributed by atoms with Crippen molar-refractivity contribution in [3.05, 3.63) is 59.4 Å². The normalized spacial score (nSPS) is 14.2. The lowest BCUT2D eigenvalue weighted by Gasteiger charge is -2.16. The Morgan fingerprint density at radius 1 is 1.19 bits per heavy atom. The molecule has 0 saturated heterocycles. The largest absolute Gasteiger partial charge is 0.494 e. The number of hydrogen-bond acceptors (Lipinski definition) is 3. The van der Waals surface area contributed by atoms with Gasteiger partial charge in [-0.1, -0.05) is 12.1 Å². The smallest absolute Gasteiger partial charge is 0.319 e. The van der Waals surface area contributed by atoms with Crippen LogP contribution in [0.3, 0.4) is 0 Å². The van der Waals surface area contributed by atoms with E-state index in [0.717, 1.165) is 12.8 Å². The van der Waals surface area contributed by atoms with E-state index in [2.05, 4.69) is 16.0 Å². The molecule has 7 heteroatoms. The summed E-state index contributed by atoms with van der Waals surface area (Å²) in [6.07, 6.45) is 2.00. The second-order valence-corrected chi connectivity index (χ2v) is 6.54. The minimum absolute atomic E-state index is 0.153. The van der Waals surface area contributed by atoms with Crippen LogP contribution >= 0.6 is 0 Å². The molecule has 3 rings (SSSR count). The van der Waals surface area contributed by atoms with Crippen LogP contribution in [0.2, 0.25) is 0 Å². The molecular formula is C20H22FN3O3. The molecule has 6 nitrogen and oxygen atoms in total. The summed E-state index contributed by atoms with van der Waals surface area (Å²) in [5.41, 5.74) is 1.56. The predicted octanol–water partition coefficient (Wildman–Crippen LogP) is 3.61. The van der Waals surface area contributed by atoms with Crippen molar-refractivity contribution in [2.45, 2.75) is 31.8 Å². The van der Waals surface area contributed by atoms with Gasteiger partial charge in [0.1, 0.15) is 0 Å². The molecule has 3 N–H and O–H groups in total. The minimum atomic E-state index is -0.482. The highest BCUT2D eigenvalue weighted by Gasteiger charge is 2.23. The van der Waals surface area contributed by atoms with E-state index in [9.17, 15) is 14.0 Å². The predicted molar refractivity (Wildman–Crippen MR) is 100 cm³/mol. The quantitative estimate of drug-likeness (QED) is 0.726. The maximum atomic E-state index is 13.9. The zero-order chi connectivity index (χ0) is 19.4. The van der Waals surface area contributed by atoms with Crippen LogP contribution in [0.1, 0.15) is 41.7 Å². The van der Waals surface area contributed by atoms with Crippen LogP contribution in [0, 0.1) is 5.82 Å². The molecule has 0 aromatic heterocycles. The number of halogens is 1. The summed E-state index contributed by atoms with van der Waals surface area (Å²) in [5, 5.41) is 8.37. The summed E-state index contributed by atoms with van der Waals surface area (Å²) in [7, 11) is 1.40. The Bertz CT molecular complexity index is 852. The van der Waals surface area contributed by atoms with E-state index in [1.54, 1.807) is 37.3 Å². The van der Waals surface area contributed by atoms with Crippen molar-refractivity contribution in [3.8, 4) is 5.75 Å². The average molecular weight is 371 g/mol. The molecule has 0 radical (unpaired) electrons. The number of urea groups is 1. The Balaban J connectivity index is 1.63. The fraction of sp³-hybridized carbons (Fsp3) is 0.300. The lowest BCUT2D eigenvalue weighted by Crippen LogP contribution is -2.30. The van der Waals surface area contributed by atoms with Gasteiger partial charge in [-0.25, -0.2) is 9.18 Å². The van der Waals surface area contributed by atoms with E-state index < -0.39 is 11.9 Å². The second kappa shape index (κ2) is 8.07. The van der Waals surface area contributed by atoms with Crippen LogP contribution in [0.4, 0.5) is 14.9 Å². The summed E-state index contributed by atoms with van der Waals surface area (Å²) < 4.78 is 18.8. The van der Waals surface area contributed by atoms with E-state index in [4.69, 9.17) is 4.74 Å². The fourth-order valence-electron chi connectivity index (χ4n) is 2.63. The first-order valence-electron chi connectivity index (χ1n) is 8.78. The van der Waals surface area contributed by atoms with E-state index in [1.165, 1.54) is 19.2 Å². The molecule has 3 amide bonds. The van der Waals surface area contributed by atoms with E-state index in [0.29, 0.717) is 16.8 Å². The van der Waals surface area contributed by atoms with Crippen molar-refractivity contribution in [3.63, 3.8) is 0 Å². The molecule has 1 fully saturated rings. The molecule has 0 aliphatic heterocycles. The van der Waals surface area contributed by atoms with Crippen LogP contribution in [0.5, 0.6) is 5.75 Å². The minimum Gasteiger partial charge on any atom is -0.494 e. The summed E-state index contributed by atoms with van der Waals surface area (Å²) in [5.74, 6) is -0.644. The first kappa shape index (κ1) is 18.7. The van der Waals surface area contributed by atoms with Gasteiger partial charge in [-0.2, -0.15) is 0 Å². The Labute approximate surface area is 157 Å². The highest BCUT2D eigenvalue weighted by molar-refractivity contribution is 5.97. The number of carbonyl (C=O) groups is 2. The van der Waals surface area contributed by atoms with Gasteiger partial charge in [0.05, 0.1) is 13.2 Å². The lowest BCUT2D eigenvalue weighted by atomic mass is 10.1. The molecule has 0 bridgehead atoms. The van der Waals surface area contributed by atoms with E-state index in [1.807, 2.05) is 0 Å². The van der Waals surface area contributed by atoms with Crippen molar-refractivity contribution in [1.29, 1.82) is 0 Å². The van der Waals surface area contributed by atoms with E-state index >= 15 is 0 Å². The van der Waals surface area contributed by atoms with Crippen molar-refractivity contribution in [2.24, 2.45) is 0 Å². The third-order valence-corrected chi connectivity index (χ3v) is 4.32. The van der Waals surface area contributed by atoms with Crippen molar-refractivity contribution in [1.82, 2.24) is 10.6 Å². The number of hydrogen-bond donors (Lipinski definition) is 3. The topological polar surface area (TPSA) is 79.5 Å². The van der Waals surface area contributed by atoms with Crippen LogP contribution < -0.4 is 20.7 Å². The first-order valence-corrected chi connectivity index (χ1v) is 8.78. The number of rotatable bonds is 6. The molecule has 0 spiro atoms. The standard InChI is InChI=1S/C20H22FN3O3/c1-12(13-6-9-18(27-2)17(21)11-13)22-19(25)14-4-3-5-16(10-14)24-20(26)23-15-7-8-15/h3-6,9-12,15H,7-8H2,1-2H3,(H,22,25)(H2,23,24,26). The van der Waals surface area contributed by atoms with Crippen LogP contribution in [-0.2, 0) is 0 Å². The molecule has 1 saturated carbocycles. The molecule has 2 aromatic carbocycles. The zero-order valence-electron chi connectivity index (χ0n) is 15.2. The maximum absolute atomic E-state index is 13.9. The van der Waals surface area contributed by atoms with Crippen molar-refractivity contribution >= 4 is 17.6 Å². The summed E-state index contributed by atoms with van der Waals surface area (Å²) in [6.45, 7) is 1.77. The molecule has 1 atom stereocenters. The number of nitrogens with one attached hydrogen (secondary N) is 3. The van der Waals surface area contributed by atoms with Gasteiger partial charge in [0.15, 0.2) is 11.6 Å². The Morgan fingerprint density at radius 3 is 2.63 bits per heavy atom.